The topological polar surface area (TPSA) is 62.7 Å². The van der Waals surface area contributed by atoms with E-state index in [-0.39, 0.29) is 6.04 Å². The van der Waals surface area contributed by atoms with Crippen LogP contribution in [0.1, 0.15) is 19.4 Å². The van der Waals surface area contributed by atoms with E-state index in [2.05, 4.69) is 39.4 Å². The van der Waals surface area contributed by atoms with Crippen LogP contribution >= 0.6 is 11.6 Å². The fourth-order valence-corrected chi connectivity index (χ4v) is 2.56. The molecule has 0 radical (unpaired) electrons. The number of pyridine rings is 1. The first-order valence-electron chi connectivity index (χ1n) is 8.15. The molecule has 6 heteroatoms. The molecule has 0 saturated heterocycles. The maximum Gasteiger partial charge on any atom is 0.225 e. The maximum absolute atomic E-state index is 6.04. The Morgan fingerprint density at radius 3 is 2.60 bits per heavy atom. The van der Waals surface area contributed by atoms with Crippen LogP contribution in [0.4, 0.5) is 11.8 Å². The van der Waals surface area contributed by atoms with E-state index in [0.717, 1.165) is 27.8 Å². The molecule has 0 amide bonds. The Balaban J connectivity index is 1.86. The molecule has 0 saturated carbocycles. The summed E-state index contributed by atoms with van der Waals surface area (Å²) < 4.78 is 0. The van der Waals surface area contributed by atoms with Crippen LogP contribution in [0.5, 0.6) is 0 Å². The Morgan fingerprint density at radius 1 is 1.00 bits per heavy atom. The number of nitrogens with zero attached hydrogens (tertiary/aromatic N) is 3. The molecule has 0 spiro atoms. The first-order valence-corrected chi connectivity index (χ1v) is 8.53. The van der Waals surface area contributed by atoms with E-state index in [0.29, 0.717) is 12.5 Å². The second-order valence-electron chi connectivity index (χ2n) is 5.96. The van der Waals surface area contributed by atoms with Gasteiger partial charge in [-0.25, -0.2) is 4.98 Å². The number of hydrogen-bond donors (Lipinski definition) is 2. The number of rotatable bonds is 6. The van der Waals surface area contributed by atoms with E-state index >= 15 is 0 Å². The molecule has 0 aliphatic rings. The molecule has 0 aliphatic heterocycles. The highest BCUT2D eigenvalue weighted by atomic mass is 35.5. The van der Waals surface area contributed by atoms with Gasteiger partial charge in [0.1, 0.15) is 5.82 Å². The summed E-state index contributed by atoms with van der Waals surface area (Å²) in [5.41, 5.74) is 2.67. The number of benzene rings is 1. The van der Waals surface area contributed by atoms with Gasteiger partial charge in [0, 0.05) is 29.9 Å². The van der Waals surface area contributed by atoms with E-state index in [1.54, 1.807) is 6.20 Å². The van der Waals surface area contributed by atoms with Gasteiger partial charge in [-0.15, -0.1) is 0 Å². The molecule has 25 heavy (non-hydrogen) atoms. The first kappa shape index (κ1) is 17.2. The summed E-state index contributed by atoms with van der Waals surface area (Å²) in [4.78, 5) is 13.5. The lowest BCUT2D eigenvalue weighted by Gasteiger charge is -2.13. The van der Waals surface area contributed by atoms with Gasteiger partial charge < -0.3 is 10.6 Å². The summed E-state index contributed by atoms with van der Waals surface area (Å²) in [6.45, 7) is 4.73. The smallest absolute Gasteiger partial charge is 0.225 e. The molecule has 2 aromatic heterocycles. The molecule has 0 aliphatic carbocycles. The fourth-order valence-electron chi connectivity index (χ4n) is 2.35. The van der Waals surface area contributed by atoms with Crippen LogP contribution in [0.3, 0.4) is 0 Å². The molecule has 2 heterocycles. The second kappa shape index (κ2) is 7.94. The molecular formula is C19H20ClN5. The lowest BCUT2D eigenvalue weighted by molar-refractivity contribution is 0.874. The van der Waals surface area contributed by atoms with Crippen molar-refractivity contribution in [2.45, 2.75) is 26.4 Å². The quantitative estimate of drug-likeness (QED) is 0.676. The molecule has 128 valence electrons. The minimum Gasteiger partial charge on any atom is -0.366 e. The van der Waals surface area contributed by atoms with Crippen molar-refractivity contribution in [3.63, 3.8) is 0 Å². The number of halogens is 1. The average Bonchev–Trinajstić information content (AvgIpc) is 2.60. The van der Waals surface area contributed by atoms with Crippen molar-refractivity contribution in [3.8, 4) is 11.4 Å². The summed E-state index contributed by atoms with van der Waals surface area (Å²) in [5.74, 6) is 1.31. The summed E-state index contributed by atoms with van der Waals surface area (Å²) in [6.07, 6.45) is 1.76. The van der Waals surface area contributed by atoms with Gasteiger partial charge >= 0.3 is 0 Å². The number of aromatic nitrogens is 3. The highest BCUT2D eigenvalue weighted by molar-refractivity contribution is 6.30. The van der Waals surface area contributed by atoms with Gasteiger partial charge in [-0.3, -0.25) is 4.98 Å². The molecule has 0 fully saturated rings. The zero-order valence-electron chi connectivity index (χ0n) is 14.2. The zero-order chi connectivity index (χ0) is 17.6. The third kappa shape index (κ3) is 4.90. The Bertz CT molecular complexity index is 836. The molecule has 0 atom stereocenters. The molecule has 5 nitrogen and oxygen atoms in total. The molecule has 0 unspecified atom stereocenters. The zero-order valence-corrected chi connectivity index (χ0v) is 15.0. The monoisotopic (exact) mass is 353 g/mol. The van der Waals surface area contributed by atoms with Gasteiger partial charge in [0.25, 0.3) is 0 Å². The Labute approximate surface area is 152 Å². The van der Waals surface area contributed by atoms with Gasteiger partial charge in [0.2, 0.25) is 5.95 Å². The molecule has 2 N–H and O–H groups in total. The van der Waals surface area contributed by atoms with Crippen LogP contribution in [0.25, 0.3) is 11.4 Å². The fraction of sp³-hybridized carbons (Fsp3) is 0.211. The summed E-state index contributed by atoms with van der Waals surface area (Å²) in [6, 6.07) is 15.6. The third-order valence-corrected chi connectivity index (χ3v) is 3.67. The molecule has 3 rings (SSSR count). The van der Waals surface area contributed by atoms with Crippen LogP contribution in [-0.2, 0) is 6.54 Å². The van der Waals surface area contributed by atoms with Crippen molar-refractivity contribution in [1.29, 1.82) is 0 Å². The van der Waals surface area contributed by atoms with E-state index in [4.69, 9.17) is 11.6 Å². The Kier molecular flexibility index (Phi) is 5.46. The van der Waals surface area contributed by atoms with Gasteiger partial charge in [-0.2, -0.15) is 4.98 Å². The van der Waals surface area contributed by atoms with Crippen LogP contribution in [0.15, 0.2) is 54.7 Å². The summed E-state index contributed by atoms with van der Waals surface area (Å²) in [7, 11) is 0. The highest BCUT2D eigenvalue weighted by Gasteiger charge is 2.08. The van der Waals surface area contributed by atoms with Crippen LogP contribution < -0.4 is 10.6 Å². The predicted molar refractivity (Wildman–Crippen MR) is 103 cm³/mol. The SMILES string of the molecule is CC(C)Nc1nc(NCc2cccc(Cl)c2)cc(-c2ccccn2)n1. The van der Waals surface area contributed by atoms with Crippen molar-refractivity contribution in [3.05, 3.63) is 65.3 Å². The van der Waals surface area contributed by atoms with Crippen molar-refractivity contribution in [1.82, 2.24) is 15.0 Å². The van der Waals surface area contributed by atoms with Gasteiger partial charge in [-0.05, 0) is 43.7 Å². The third-order valence-electron chi connectivity index (χ3n) is 3.43. The van der Waals surface area contributed by atoms with Crippen molar-refractivity contribution in [2.75, 3.05) is 10.6 Å². The number of anilines is 2. The molecule has 1 aromatic carbocycles. The van der Waals surface area contributed by atoms with E-state index < -0.39 is 0 Å². The second-order valence-corrected chi connectivity index (χ2v) is 6.40. The standard InChI is InChI=1S/C19H20ClN5/c1-13(2)23-19-24-17(16-8-3-4-9-21-16)11-18(25-19)22-12-14-6-5-7-15(20)10-14/h3-11,13H,12H2,1-2H3,(H2,22,23,24,25). The molecular weight excluding hydrogens is 334 g/mol. The Hall–Kier alpha value is -2.66. The molecule has 3 aromatic rings. The number of hydrogen-bond acceptors (Lipinski definition) is 5. The van der Waals surface area contributed by atoms with E-state index in [1.807, 2.05) is 48.5 Å². The molecule has 0 bridgehead atoms. The van der Waals surface area contributed by atoms with Crippen molar-refractivity contribution < 1.29 is 0 Å². The van der Waals surface area contributed by atoms with Crippen LogP contribution in [0.2, 0.25) is 5.02 Å². The highest BCUT2D eigenvalue weighted by Crippen LogP contribution is 2.20. The minimum absolute atomic E-state index is 0.236. The lowest BCUT2D eigenvalue weighted by Crippen LogP contribution is -2.14. The lowest BCUT2D eigenvalue weighted by atomic mass is 10.2. The van der Waals surface area contributed by atoms with Crippen molar-refractivity contribution in [2.24, 2.45) is 0 Å². The minimum atomic E-state index is 0.236. The summed E-state index contributed by atoms with van der Waals surface area (Å²) in [5, 5.41) is 7.31. The summed E-state index contributed by atoms with van der Waals surface area (Å²) >= 11 is 6.04. The maximum atomic E-state index is 6.04. The number of nitrogens with one attached hydrogen (secondary N) is 2. The van der Waals surface area contributed by atoms with Crippen LogP contribution in [0, 0.1) is 0 Å². The largest absolute Gasteiger partial charge is 0.366 e. The Morgan fingerprint density at radius 2 is 1.88 bits per heavy atom. The normalized spacial score (nSPS) is 10.7. The van der Waals surface area contributed by atoms with E-state index in [9.17, 15) is 0 Å². The predicted octanol–water partition coefficient (Wildman–Crippen LogP) is 4.62. The van der Waals surface area contributed by atoms with Crippen molar-refractivity contribution >= 4 is 23.4 Å². The van der Waals surface area contributed by atoms with Gasteiger partial charge in [0.15, 0.2) is 0 Å². The van der Waals surface area contributed by atoms with Crippen LogP contribution in [-0.4, -0.2) is 21.0 Å². The van der Waals surface area contributed by atoms with Gasteiger partial charge in [0.05, 0.1) is 11.4 Å². The van der Waals surface area contributed by atoms with E-state index in [1.165, 1.54) is 0 Å². The average molecular weight is 354 g/mol. The first-order chi connectivity index (χ1) is 12.1. The van der Waals surface area contributed by atoms with Gasteiger partial charge in [-0.1, -0.05) is 29.8 Å².